The van der Waals surface area contributed by atoms with E-state index in [0.29, 0.717) is 22.4 Å². The Labute approximate surface area is 195 Å². The highest BCUT2D eigenvalue weighted by Crippen LogP contribution is 2.34. The highest BCUT2D eigenvalue weighted by atomic mass is 35.5. The van der Waals surface area contributed by atoms with E-state index < -0.39 is 0 Å². The van der Waals surface area contributed by atoms with E-state index in [1.54, 1.807) is 34.7 Å². The van der Waals surface area contributed by atoms with Gasteiger partial charge in [-0.15, -0.1) is 0 Å². The number of imidazole rings is 1. The molecule has 1 aromatic carbocycles. The van der Waals surface area contributed by atoms with Crippen molar-refractivity contribution in [2.45, 2.75) is 26.9 Å². The first-order chi connectivity index (χ1) is 15.3. The van der Waals surface area contributed by atoms with Crippen LogP contribution in [-0.2, 0) is 13.1 Å². The molecule has 0 fully saturated rings. The van der Waals surface area contributed by atoms with Gasteiger partial charge in [-0.3, -0.25) is 14.2 Å². The fraction of sp³-hybridized carbons (Fsp3) is 0.217. The summed E-state index contributed by atoms with van der Waals surface area (Å²) in [5, 5.41) is 1.01. The summed E-state index contributed by atoms with van der Waals surface area (Å²) in [6.45, 7) is 4.40. The summed E-state index contributed by atoms with van der Waals surface area (Å²) >= 11 is 12.6. The van der Waals surface area contributed by atoms with E-state index in [2.05, 4.69) is 15.0 Å². The zero-order valence-electron chi connectivity index (χ0n) is 17.9. The Bertz CT molecular complexity index is 1330. The van der Waals surface area contributed by atoms with Crippen LogP contribution < -0.4 is 5.73 Å². The number of nitrogens with two attached hydrogens (primary N) is 1. The molecule has 0 unspecified atom stereocenters. The van der Waals surface area contributed by atoms with Gasteiger partial charge in [-0.25, -0.2) is 9.97 Å². The lowest BCUT2D eigenvalue weighted by molar-refractivity contribution is 0.0778. The molecular formula is C23H22Cl2N6O. The molecule has 9 heteroatoms. The first kappa shape index (κ1) is 22.2. The fourth-order valence-electron chi connectivity index (χ4n) is 3.67. The number of amides is 1. The lowest BCUT2D eigenvalue weighted by Gasteiger charge is -2.15. The number of aryl methyl sites for hydroxylation is 2. The maximum atomic E-state index is 13.1. The molecule has 7 nitrogen and oxygen atoms in total. The van der Waals surface area contributed by atoms with Crippen molar-refractivity contribution in [1.29, 1.82) is 0 Å². The van der Waals surface area contributed by atoms with Crippen LogP contribution in [0.1, 0.15) is 33.1 Å². The normalized spacial score (nSPS) is 11.2. The number of nitrogens with zero attached hydrogens (tertiary/aromatic N) is 5. The van der Waals surface area contributed by atoms with Crippen molar-refractivity contribution in [2.75, 3.05) is 7.05 Å². The Morgan fingerprint density at radius 3 is 2.59 bits per heavy atom. The largest absolute Gasteiger partial charge is 0.334 e. The number of benzene rings is 1. The van der Waals surface area contributed by atoms with Gasteiger partial charge in [0.25, 0.3) is 5.91 Å². The zero-order chi connectivity index (χ0) is 23.0. The highest BCUT2D eigenvalue weighted by molar-refractivity contribution is 6.36. The van der Waals surface area contributed by atoms with Crippen LogP contribution in [0.3, 0.4) is 0 Å². The molecule has 4 aromatic rings. The van der Waals surface area contributed by atoms with Crippen LogP contribution in [0, 0.1) is 13.8 Å². The first-order valence-corrected chi connectivity index (χ1v) is 10.8. The number of fused-ring (bicyclic) bond motifs is 1. The standard InChI is InChI=1S/C23H22Cl2N6O/c1-13-5-4-6-16(27-13)11-30(3)22(32)20-12-31-21(17-8-7-15(24)9-19(17)25)18(10-26)14(2)28-23(31)29-20/h4-9,12H,10-11,26H2,1-3H3. The SMILES string of the molecule is Cc1cccc(CN(C)C(=O)c2cn3c(-c4ccc(Cl)cc4Cl)c(CN)c(C)nc3n2)n1. The van der Waals surface area contributed by atoms with Crippen molar-refractivity contribution in [2.24, 2.45) is 5.73 Å². The molecule has 3 aromatic heterocycles. The maximum Gasteiger partial charge on any atom is 0.274 e. The summed E-state index contributed by atoms with van der Waals surface area (Å²) in [5.41, 5.74) is 11.0. The van der Waals surface area contributed by atoms with Crippen molar-refractivity contribution < 1.29 is 4.79 Å². The molecule has 0 spiro atoms. The van der Waals surface area contributed by atoms with E-state index in [-0.39, 0.29) is 18.1 Å². The van der Waals surface area contributed by atoms with Crippen molar-refractivity contribution in [3.05, 3.63) is 81.0 Å². The number of hydrogen-bond donors (Lipinski definition) is 1. The van der Waals surface area contributed by atoms with E-state index in [4.69, 9.17) is 28.9 Å². The van der Waals surface area contributed by atoms with Crippen LogP contribution in [-0.4, -0.2) is 37.2 Å². The highest BCUT2D eigenvalue weighted by Gasteiger charge is 2.22. The minimum Gasteiger partial charge on any atom is -0.334 e. The lowest BCUT2D eigenvalue weighted by atomic mass is 10.0. The average molecular weight is 469 g/mol. The molecule has 0 bridgehead atoms. The van der Waals surface area contributed by atoms with Gasteiger partial charge in [0.1, 0.15) is 5.69 Å². The Hall–Kier alpha value is -3.00. The van der Waals surface area contributed by atoms with Gasteiger partial charge in [-0.2, -0.15) is 0 Å². The van der Waals surface area contributed by atoms with Gasteiger partial charge in [0.2, 0.25) is 5.78 Å². The van der Waals surface area contributed by atoms with Gasteiger partial charge in [-0.05, 0) is 44.2 Å². The number of carbonyl (C=O) groups is 1. The van der Waals surface area contributed by atoms with Crippen LogP contribution in [0.4, 0.5) is 0 Å². The monoisotopic (exact) mass is 468 g/mol. The van der Waals surface area contributed by atoms with Gasteiger partial charge in [0.05, 0.1) is 23.0 Å². The molecule has 0 aliphatic carbocycles. The summed E-state index contributed by atoms with van der Waals surface area (Å²) in [6.07, 6.45) is 1.67. The van der Waals surface area contributed by atoms with Crippen molar-refractivity contribution in [3.8, 4) is 11.3 Å². The Morgan fingerprint density at radius 2 is 1.91 bits per heavy atom. The van der Waals surface area contributed by atoms with Crippen LogP contribution in [0.2, 0.25) is 10.0 Å². The zero-order valence-corrected chi connectivity index (χ0v) is 19.4. The van der Waals surface area contributed by atoms with E-state index >= 15 is 0 Å². The fourth-order valence-corrected chi connectivity index (χ4v) is 4.17. The summed E-state index contributed by atoms with van der Waals surface area (Å²) in [6, 6.07) is 11.0. The third kappa shape index (κ3) is 4.19. The van der Waals surface area contributed by atoms with Crippen molar-refractivity contribution in [3.63, 3.8) is 0 Å². The minimum absolute atomic E-state index is 0.237. The number of rotatable bonds is 5. The minimum atomic E-state index is -0.237. The van der Waals surface area contributed by atoms with Crippen molar-refractivity contribution >= 4 is 34.9 Å². The molecule has 164 valence electrons. The average Bonchev–Trinajstić information content (AvgIpc) is 3.16. The summed E-state index contributed by atoms with van der Waals surface area (Å²) in [7, 11) is 1.72. The summed E-state index contributed by atoms with van der Waals surface area (Å²) < 4.78 is 1.76. The van der Waals surface area contributed by atoms with Crippen LogP contribution in [0.5, 0.6) is 0 Å². The molecule has 2 N–H and O–H groups in total. The van der Waals surface area contributed by atoms with E-state index in [9.17, 15) is 4.79 Å². The summed E-state index contributed by atoms with van der Waals surface area (Å²) in [4.78, 5) is 28.2. The third-order valence-corrected chi connectivity index (χ3v) is 5.77. The molecule has 0 radical (unpaired) electrons. The topological polar surface area (TPSA) is 89.4 Å². The Morgan fingerprint density at radius 1 is 1.12 bits per heavy atom. The maximum absolute atomic E-state index is 13.1. The molecule has 0 saturated carbocycles. The quantitative estimate of drug-likeness (QED) is 0.467. The van der Waals surface area contributed by atoms with Crippen molar-refractivity contribution in [1.82, 2.24) is 24.3 Å². The van der Waals surface area contributed by atoms with Gasteiger partial charge in [0, 0.05) is 47.3 Å². The summed E-state index contributed by atoms with van der Waals surface area (Å²) in [5.74, 6) is 0.157. The Balaban J connectivity index is 1.79. The predicted molar refractivity (Wildman–Crippen MR) is 126 cm³/mol. The molecule has 4 rings (SSSR count). The molecule has 0 atom stereocenters. The molecule has 0 aliphatic heterocycles. The smallest absolute Gasteiger partial charge is 0.274 e. The molecule has 0 saturated heterocycles. The second-order valence-corrected chi connectivity index (χ2v) is 8.42. The number of hydrogen-bond acceptors (Lipinski definition) is 5. The third-order valence-electron chi connectivity index (χ3n) is 5.22. The molecule has 0 aliphatic rings. The predicted octanol–water partition coefficient (Wildman–Crippen LogP) is 4.45. The number of pyridine rings is 1. The molecular weight excluding hydrogens is 447 g/mol. The van der Waals surface area contributed by atoms with Gasteiger partial charge in [0.15, 0.2) is 0 Å². The molecule has 32 heavy (non-hydrogen) atoms. The molecule has 1 amide bonds. The number of carbonyl (C=O) groups excluding carboxylic acids is 1. The second-order valence-electron chi connectivity index (χ2n) is 7.58. The van der Waals surface area contributed by atoms with Gasteiger partial charge >= 0.3 is 0 Å². The van der Waals surface area contributed by atoms with Crippen LogP contribution in [0.15, 0.2) is 42.6 Å². The Kier molecular flexibility index (Phi) is 6.15. The van der Waals surface area contributed by atoms with E-state index in [1.807, 2.05) is 38.1 Å². The van der Waals surface area contributed by atoms with Gasteiger partial charge in [-0.1, -0.05) is 29.3 Å². The van der Waals surface area contributed by atoms with Crippen LogP contribution in [0.25, 0.3) is 17.0 Å². The number of aromatic nitrogens is 4. The van der Waals surface area contributed by atoms with E-state index in [0.717, 1.165) is 33.9 Å². The first-order valence-electron chi connectivity index (χ1n) is 10.0. The van der Waals surface area contributed by atoms with Crippen LogP contribution >= 0.6 is 23.2 Å². The molecule has 3 heterocycles. The second kappa shape index (κ2) is 8.86. The van der Waals surface area contributed by atoms with E-state index in [1.165, 1.54) is 0 Å². The number of halogens is 2. The lowest BCUT2D eigenvalue weighted by Crippen LogP contribution is -2.27. The van der Waals surface area contributed by atoms with Gasteiger partial charge < -0.3 is 10.6 Å².